The number of hydrogen-bond acceptors (Lipinski definition) is 5. The number of rotatable bonds is 7. The van der Waals surface area contributed by atoms with Gasteiger partial charge in [0.1, 0.15) is 5.76 Å². The summed E-state index contributed by atoms with van der Waals surface area (Å²) in [6, 6.07) is 13.9. The highest BCUT2D eigenvalue weighted by Gasteiger charge is 2.45. The molecule has 1 fully saturated rings. The lowest BCUT2D eigenvalue weighted by molar-refractivity contribution is -0.140. The first kappa shape index (κ1) is 24.2. The summed E-state index contributed by atoms with van der Waals surface area (Å²) in [6.45, 7) is 6.68. The maximum Gasteiger partial charge on any atom is 0.295 e. The summed E-state index contributed by atoms with van der Waals surface area (Å²) in [6.07, 6.45) is 0. The molecule has 0 bridgehead atoms. The summed E-state index contributed by atoms with van der Waals surface area (Å²) in [7, 11) is 0. The van der Waals surface area contributed by atoms with E-state index in [4.69, 9.17) is 9.84 Å². The van der Waals surface area contributed by atoms with E-state index in [0.717, 1.165) is 15.6 Å². The lowest BCUT2D eigenvalue weighted by Crippen LogP contribution is -2.33. The molecule has 2 aromatic rings. The number of carbonyl (C=O) groups is 2. The molecule has 2 aromatic carbocycles. The number of benzene rings is 2. The molecule has 0 saturated carbocycles. The van der Waals surface area contributed by atoms with Gasteiger partial charge in [-0.25, -0.2) is 0 Å². The van der Waals surface area contributed by atoms with Crippen molar-refractivity contribution in [2.45, 2.75) is 32.2 Å². The van der Waals surface area contributed by atoms with Crippen LogP contribution in [0.1, 0.15) is 43.5 Å². The van der Waals surface area contributed by atoms with Gasteiger partial charge >= 0.3 is 0 Å². The topological polar surface area (TPSA) is 87.1 Å². The molecule has 1 heterocycles. The molecule has 1 saturated heterocycles. The summed E-state index contributed by atoms with van der Waals surface area (Å²) in [5, 5.41) is 20.0. The zero-order valence-electron chi connectivity index (χ0n) is 18.5. The molecule has 170 valence electrons. The molecule has 0 aromatic heterocycles. The highest BCUT2D eigenvalue weighted by molar-refractivity contribution is 9.10. The average molecular weight is 502 g/mol. The fourth-order valence-electron chi connectivity index (χ4n) is 3.72. The van der Waals surface area contributed by atoms with Crippen molar-refractivity contribution in [2.75, 3.05) is 26.4 Å². The molecule has 32 heavy (non-hydrogen) atoms. The van der Waals surface area contributed by atoms with Crippen LogP contribution in [0.3, 0.4) is 0 Å². The van der Waals surface area contributed by atoms with Gasteiger partial charge in [-0.3, -0.25) is 9.59 Å². The van der Waals surface area contributed by atoms with E-state index >= 15 is 0 Å². The van der Waals surface area contributed by atoms with Crippen molar-refractivity contribution >= 4 is 33.4 Å². The third kappa shape index (κ3) is 5.11. The number of likely N-dealkylation sites (tertiary alicyclic amines) is 1. The minimum atomic E-state index is -0.731. The fraction of sp³-hybridized carbons (Fsp3) is 0.360. The largest absolute Gasteiger partial charge is 0.507 e. The fourth-order valence-corrected chi connectivity index (χ4v) is 3.98. The highest BCUT2D eigenvalue weighted by atomic mass is 79.9. The summed E-state index contributed by atoms with van der Waals surface area (Å²) in [5.41, 5.74) is 2.33. The maximum atomic E-state index is 13.0. The number of carbonyl (C=O) groups excluding carboxylic acids is 2. The third-order valence-electron chi connectivity index (χ3n) is 5.46. The number of aliphatic hydroxyl groups excluding tert-OH is 2. The van der Waals surface area contributed by atoms with Gasteiger partial charge in [0.2, 0.25) is 0 Å². The van der Waals surface area contributed by atoms with E-state index in [0.29, 0.717) is 5.56 Å². The van der Waals surface area contributed by atoms with Gasteiger partial charge in [0.15, 0.2) is 0 Å². The van der Waals surface area contributed by atoms with Crippen LogP contribution >= 0.6 is 15.9 Å². The van der Waals surface area contributed by atoms with E-state index in [1.54, 1.807) is 24.3 Å². The predicted molar refractivity (Wildman–Crippen MR) is 126 cm³/mol. The Bertz CT molecular complexity index is 1010. The average Bonchev–Trinajstić information content (AvgIpc) is 3.01. The molecule has 2 N–H and O–H groups in total. The van der Waals surface area contributed by atoms with Gasteiger partial charge in [-0.2, -0.15) is 0 Å². The van der Waals surface area contributed by atoms with E-state index < -0.39 is 17.7 Å². The molecule has 1 amide bonds. The molecule has 6 nitrogen and oxygen atoms in total. The van der Waals surface area contributed by atoms with E-state index in [1.165, 1.54) is 4.90 Å². The molecule has 1 aliphatic heterocycles. The lowest BCUT2D eigenvalue weighted by Gasteiger charge is -2.26. The Morgan fingerprint density at radius 1 is 1.03 bits per heavy atom. The first-order valence-electron chi connectivity index (χ1n) is 10.5. The smallest absolute Gasteiger partial charge is 0.295 e. The van der Waals surface area contributed by atoms with Crippen LogP contribution in [-0.4, -0.2) is 53.2 Å². The van der Waals surface area contributed by atoms with Crippen LogP contribution in [0, 0.1) is 0 Å². The van der Waals surface area contributed by atoms with Crippen molar-refractivity contribution < 1.29 is 24.5 Å². The first-order valence-corrected chi connectivity index (χ1v) is 11.3. The second kappa shape index (κ2) is 9.98. The predicted octanol–water partition coefficient (Wildman–Crippen LogP) is 4.18. The van der Waals surface area contributed by atoms with Crippen LogP contribution in [0.5, 0.6) is 0 Å². The van der Waals surface area contributed by atoms with Crippen LogP contribution in [0.25, 0.3) is 5.76 Å². The number of ether oxygens (including phenoxy) is 1. The molecule has 3 rings (SSSR count). The number of nitrogens with zero attached hydrogens (tertiary/aromatic N) is 1. The van der Waals surface area contributed by atoms with Gasteiger partial charge in [-0.05, 0) is 28.7 Å². The minimum Gasteiger partial charge on any atom is -0.507 e. The van der Waals surface area contributed by atoms with Crippen molar-refractivity contribution in [2.24, 2.45) is 0 Å². The van der Waals surface area contributed by atoms with Crippen LogP contribution in [0.15, 0.2) is 58.6 Å². The van der Waals surface area contributed by atoms with Crippen LogP contribution in [0.2, 0.25) is 0 Å². The van der Waals surface area contributed by atoms with Crippen molar-refractivity contribution in [3.8, 4) is 0 Å². The normalized spacial score (nSPS) is 18.4. The van der Waals surface area contributed by atoms with Gasteiger partial charge in [-0.15, -0.1) is 0 Å². The Kier molecular flexibility index (Phi) is 7.54. The summed E-state index contributed by atoms with van der Waals surface area (Å²) >= 11 is 3.36. The molecule has 1 aliphatic rings. The van der Waals surface area contributed by atoms with Crippen LogP contribution in [-0.2, 0) is 19.7 Å². The molecule has 0 radical (unpaired) electrons. The van der Waals surface area contributed by atoms with E-state index in [2.05, 4.69) is 36.7 Å². The van der Waals surface area contributed by atoms with E-state index in [1.807, 2.05) is 24.3 Å². The number of Topliss-reactive ketones (excluding diaryl/α,β-unsaturated/α-hetero) is 1. The summed E-state index contributed by atoms with van der Waals surface area (Å²) < 4.78 is 6.17. The van der Waals surface area contributed by atoms with Gasteiger partial charge < -0.3 is 19.8 Å². The van der Waals surface area contributed by atoms with Crippen LogP contribution < -0.4 is 0 Å². The zero-order valence-corrected chi connectivity index (χ0v) is 20.1. The molecular weight excluding hydrogens is 474 g/mol. The standard InChI is InChI=1S/C25H28BrNO5/c1-25(2,3)18-8-4-16(5-9-18)21-20(22(29)17-6-10-19(26)11-7-17)23(30)24(31)27(21)12-14-32-15-13-28/h4-11,21,28-29H,12-15H2,1-3H3/b22-20+. The number of ketones is 1. The van der Waals surface area contributed by atoms with Gasteiger partial charge in [0.05, 0.1) is 31.4 Å². The number of hydrogen-bond donors (Lipinski definition) is 2. The van der Waals surface area contributed by atoms with E-state index in [-0.39, 0.29) is 43.1 Å². The monoisotopic (exact) mass is 501 g/mol. The number of amides is 1. The number of halogens is 1. The maximum absolute atomic E-state index is 13.0. The Balaban J connectivity index is 2.07. The molecule has 1 unspecified atom stereocenters. The van der Waals surface area contributed by atoms with Crippen molar-refractivity contribution in [1.82, 2.24) is 4.90 Å². The Hall–Kier alpha value is -2.48. The van der Waals surface area contributed by atoms with Gasteiger partial charge in [-0.1, -0.05) is 73.1 Å². The van der Waals surface area contributed by atoms with Gasteiger partial charge in [0, 0.05) is 16.6 Å². The second-order valence-electron chi connectivity index (χ2n) is 8.71. The Morgan fingerprint density at radius 3 is 2.22 bits per heavy atom. The second-order valence-corrected chi connectivity index (χ2v) is 9.62. The molecule has 0 aliphatic carbocycles. The zero-order chi connectivity index (χ0) is 23.5. The summed E-state index contributed by atoms with van der Waals surface area (Å²) in [5.74, 6) is -1.61. The Morgan fingerprint density at radius 2 is 1.66 bits per heavy atom. The van der Waals surface area contributed by atoms with E-state index in [9.17, 15) is 14.7 Å². The SMILES string of the molecule is CC(C)(C)c1ccc(C2/C(=C(\O)c3ccc(Br)cc3)C(=O)C(=O)N2CCOCCO)cc1. The molecule has 1 atom stereocenters. The van der Waals surface area contributed by atoms with Gasteiger partial charge in [0.25, 0.3) is 11.7 Å². The highest BCUT2D eigenvalue weighted by Crippen LogP contribution is 2.40. The van der Waals surface area contributed by atoms with Crippen molar-refractivity contribution in [3.63, 3.8) is 0 Å². The van der Waals surface area contributed by atoms with Crippen LogP contribution in [0.4, 0.5) is 0 Å². The Labute approximate surface area is 196 Å². The first-order chi connectivity index (χ1) is 15.1. The third-order valence-corrected chi connectivity index (χ3v) is 5.99. The number of aliphatic hydroxyl groups is 2. The quantitative estimate of drug-likeness (QED) is 0.257. The molecular formula is C25H28BrNO5. The summed E-state index contributed by atoms with van der Waals surface area (Å²) in [4.78, 5) is 27.3. The lowest BCUT2D eigenvalue weighted by atomic mass is 9.85. The van der Waals surface area contributed by atoms with Crippen molar-refractivity contribution in [1.29, 1.82) is 0 Å². The molecule has 7 heteroatoms. The van der Waals surface area contributed by atoms with Crippen molar-refractivity contribution in [3.05, 3.63) is 75.3 Å². The minimum absolute atomic E-state index is 0.0457. The molecule has 0 spiro atoms.